The van der Waals surface area contributed by atoms with E-state index in [0.29, 0.717) is 16.7 Å². The van der Waals surface area contributed by atoms with Crippen molar-refractivity contribution in [3.05, 3.63) is 65.1 Å². The fourth-order valence-corrected chi connectivity index (χ4v) is 3.28. The average Bonchev–Trinajstić information content (AvgIpc) is 2.90. The molecule has 1 amide bonds. The summed E-state index contributed by atoms with van der Waals surface area (Å²) in [6, 6.07) is 17.4. The fraction of sp³-hybridized carbons (Fsp3) is 0.200. The van der Waals surface area contributed by atoms with Crippen LogP contribution in [-0.2, 0) is 4.79 Å². The van der Waals surface area contributed by atoms with Crippen LogP contribution >= 0.6 is 11.8 Å². The normalized spacial score (nSPS) is 17.5. The number of para-hydroxylation sites is 1. The number of rotatable bonds is 5. The first-order chi connectivity index (χ1) is 12.2. The van der Waals surface area contributed by atoms with Gasteiger partial charge in [-0.1, -0.05) is 37.3 Å². The van der Waals surface area contributed by atoms with E-state index in [1.54, 1.807) is 11.9 Å². The average molecular weight is 352 g/mol. The lowest BCUT2D eigenvalue weighted by Gasteiger charge is -2.06. The van der Waals surface area contributed by atoms with Gasteiger partial charge in [-0.05, 0) is 54.1 Å². The molecule has 0 bridgehead atoms. The Labute approximate surface area is 152 Å². The SMILES string of the molecule is CCCOc1ccc(/C=C2/SC(=Nc3ccccc3)N(C)C2=O)cc1. The number of amidine groups is 1. The van der Waals surface area contributed by atoms with Crippen molar-refractivity contribution in [2.75, 3.05) is 13.7 Å². The van der Waals surface area contributed by atoms with Crippen molar-refractivity contribution < 1.29 is 9.53 Å². The minimum absolute atomic E-state index is 0.0361. The summed E-state index contributed by atoms with van der Waals surface area (Å²) in [5.41, 5.74) is 1.80. The monoisotopic (exact) mass is 352 g/mol. The molecule has 1 fully saturated rings. The van der Waals surface area contributed by atoms with Crippen LogP contribution in [-0.4, -0.2) is 29.6 Å². The zero-order valence-corrected chi connectivity index (χ0v) is 15.1. The van der Waals surface area contributed by atoms with Crippen molar-refractivity contribution in [3.8, 4) is 5.75 Å². The van der Waals surface area contributed by atoms with Crippen molar-refractivity contribution in [2.24, 2.45) is 4.99 Å². The summed E-state index contributed by atoms with van der Waals surface area (Å²) in [6.07, 6.45) is 2.87. The zero-order chi connectivity index (χ0) is 17.6. The molecule has 2 aromatic rings. The number of benzene rings is 2. The molecule has 1 aliphatic heterocycles. The molecule has 0 saturated carbocycles. The van der Waals surface area contributed by atoms with E-state index in [0.717, 1.165) is 23.4 Å². The Kier molecular flexibility index (Phi) is 5.56. The van der Waals surface area contributed by atoms with Gasteiger partial charge in [-0.3, -0.25) is 9.69 Å². The molecule has 0 atom stereocenters. The summed E-state index contributed by atoms with van der Waals surface area (Å²) in [6.45, 7) is 2.78. The lowest BCUT2D eigenvalue weighted by atomic mass is 10.2. The van der Waals surface area contributed by atoms with E-state index in [9.17, 15) is 4.79 Å². The Morgan fingerprint density at radius 2 is 1.84 bits per heavy atom. The van der Waals surface area contributed by atoms with Crippen LogP contribution in [0.1, 0.15) is 18.9 Å². The lowest BCUT2D eigenvalue weighted by Crippen LogP contribution is -2.23. The molecule has 25 heavy (non-hydrogen) atoms. The van der Waals surface area contributed by atoms with Crippen molar-refractivity contribution in [3.63, 3.8) is 0 Å². The van der Waals surface area contributed by atoms with Crippen LogP contribution in [0, 0.1) is 0 Å². The number of carbonyl (C=O) groups is 1. The molecule has 5 heteroatoms. The Morgan fingerprint density at radius 1 is 1.12 bits per heavy atom. The molecule has 0 spiro atoms. The van der Waals surface area contributed by atoms with Crippen LogP contribution in [0.3, 0.4) is 0 Å². The Morgan fingerprint density at radius 3 is 2.52 bits per heavy atom. The maximum Gasteiger partial charge on any atom is 0.266 e. The number of carbonyl (C=O) groups excluding carboxylic acids is 1. The molecule has 0 aliphatic carbocycles. The fourth-order valence-electron chi connectivity index (χ4n) is 2.30. The largest absolute Gasteiger partial charge is 0.494 e. The zero-order valence-electron chi connectivity index (χ0n) is 14.3. The highest BCUT2D eigenvalue weighted by Crippen LogP contribution is 2.33. The van der Waals surface area contributed by atoms with Crippen LogP contribution in [0.25, 0.3) is 6.08 Å². The molecule has 0 unspecified atom stereocenters. The predicted molar refractivity (Wildman–Crippen MR) is 104 cm³/mol. The summed E-state index contributed by atoms with van der Waals surface area (Å²) in [7, 11) is 1.75. The van der Waals surface area contributed by atoms with Crippen LogP contribution in [0.4, 0.5) is 5.69 Å². The number of nitrogens with zero attached hydrogens (tertiary/aromatic N) is 2. The molecular weight excluding hydrogens is 332 g/mol. The molecule has 0 radical (unpaired) electrons. The standard InChI is InChI=1S/C20H20N2O2S/c1-3-13-24-17-11-9-15(10-12-17)14-18-19(23)22(2)20(25-18)21-16-7-5-4-6-8-16/h4-12,14H,3,13H2,1-2H3/b18-14+,21-20?. The quantitative estimate of drug-likeness (QED) is 0.732. The van der Waals surface area contributed by atoms with E-state index in [1.165, 1.54) is 11.8 Å². The maximum absolute atomic E-state index is 12.4. The van der Waals surface area contributed by atoms with Crippen molar-refractivity contribution in [1.82, 2.24) is 4.90 Å². The molecule has 1 heterocycles. The summed E-state index contributed by atoms with van der Waals surface area (Å²) >= 11 is 1.39. The summed E-state index contributed by atoms with van der Waals surface area (Å²) in [4.78, 5) is 19.3. The number of hydrogen-bond acceptors (Lipinski definition) is 4. The maximum atomic E-state index is 12.4. The second-order valence-electron chi connectivity index (χ2n) is 5.62. The van der Waals surface area contributed by atoms with Gasteiger partial charge in [0.1, 0.15) is 5.75 Å². The van der Waals surface area contributed by atoms with E-state index < -0.39 is 0 Å². The van der Waals surface area contributed by atoms with E-state index in [-0.39, 0.29) is 5.91 Å². The van der Waals surface area contributed by atoms with Crippen molar-refractivity contribution in [1.29, 1.82) is 0 Å². The molecule has 1 saturated heterocycles. The van der Waals surface area contributed by atoms with Gasteiger partial charge in [0, 0.05) is 7.05 Å². The first-order valence-electron chi connectivity index (χ1n) is 8.21. The molecule has 4 nitrogen and oxygen atoms in total. The minimum Gasteiger partial charge on any atom is -0.494 e. The van der Waals surface area contributed by atoms with E-state index >= 15 is 0 Å². The van der Waals surface area contributed by atoms with Crippen molar-refractivity contribution >= 4 is 34.6 Å². The third-order valence-electron chi connectivity index (χ3n) is 3.64. The predicted octanol–water partition coefficient (Wildman–Crippen LogP) is 4.71. The van der Waals surface area contributed by atoms with Crippen molar-refractivity contribution in [2.45, 2.75) is 13.3 Å². The van der Waals surface area contributed by atoms with Gasteiger partial charge in [-0.2, -0.15) is 0 Å². The number of likely N-dealkylation sites (N-methyl/N-ethyl adjacent to an activating group) is 1. The number of amides is 1. The van der Waals surface area contributed by atoms with Gasteiger partial charge in [0.05, 0.1) is 17.2 Å². The van der Waals surface area contributed by atoms with Crippen LogP contribution in [0.5, 0.6) is 5.75 Å². The number of thioether (sulfide) groups is 1. The van der Waals surface area contributed by atoms with Gasteiger partial charge >= 0.3 is 0 Å². The van der Waals surface area contributed by atoms with Gasteiger partial charge in [0.15, 0.2) is 5.17 Å². The number of ether oxygens (including phenoxy) is 1. The second kappa shape index (κ2) is 8.03. The molecule has 3 rings (SSSR count). The van der Waals surface area contributed by atoms with Gasteiger partial charge in [0.2, 0.25) is 0 Å². The number of hydrogen-bond donors (Lipinski definition) is 0. The number of aliphatic imine (C=N–C) groups is 1. The van der Waals surface area contributed by atoms with Crippen LogP contribution in [0.15, 0.2) is 64.5 Å². The van der Waals surface area contributed by atoms with Gasteiger partial charge in [-0.25, -0.2) is 4.99 Å². The van der Waals surface area contributed by atoms with Gasteiger partial charge < -0.3 is 4.74 Å². The third kappa shape index (κ3) is 4.31. The highest BCUT2D eigenvalue weighted by atomic mass is 32.2. The Hall–Kier alpha value is -2.53. The first kappa shape index (κ1) is 17.3. The van der Waals surface area contributed by atoms with Gasteiger partial charge in [0.25, 0.3) is 5.91 Å². The third-order valence-corrected chi connectivity index (χ3v) is 4.70. The molecule has 0 aromatic heterocycles. The van der Waals surface area contributed by atoms with E-state index in [4.69, 9.17) is 4.74 Å². The Bertz CT molecular complexity index is 798. The van der Waals surface area contributed by atoms with Gasteiger partial charge in [-0.15, -0.1) is 0 Å². The summed E-state index contributed by atoms with van der Waals surface area (Å²) in [5, 5.41) is 0.686. The summed E-state index contributed by atoms with van der Waals surface area (Å²) in [5.74, 6) is 0.809. The highest BCUT2D eigenvalue weighted by Gasteiger charge is 2.30. The minimum atomic E-state index is -0.0361. The lowest BCUT2D eigenvalue weighted by molar-refractivity contribution is -0.121. The molecule has 0 N–H and O–H groups in total. The first-order valence-corrected chi connectivity index (χ1v) is 9.03. The molecular formula is C20H20N2O2S. The van der Waals surface area contributed by atoms with E-state index in [2.05, 4.69) is 11.9 Å². The van der Waals surface area contributed by atoms with E-state index in [1.807, 2.05) is 60.7 Å². The Balaban J connectivity index is 1.77. The molecule has 2 aromatic carbocycles. The van der Waals surface area contributed by atoms with Crippen LogP contribution < -0.4 is 4.74 Å². The molecule has 1 aliphatic rings. The van der Waals surface area contributed by atoms with Crippen LogP contribution in [0.2, 0.25) is 0 Å². The summed E-state index contributed by atoms with van der Waals surface area (Å²) < 4.78 is 5.58. The second-order valence-corrected chi connectivity index (χ2v) is 6.63. The highest BCUT2D eigenvalue weighted by molar-refractivity contribution is 8.18. The smallest absolute Gasteiger partial charge is 0.266 e. The molecule has 128 valence electrons. The topological polar surface area (TPSA) is 41.9 Å².